The third kappa shape index (κ3) is 4.85. The largest absolute Gasteiger partial charge is 0.481 e. The van der Waals surface area contributed by atoms with Crippen molar-refractivity contribution in [1.29, 1.82) is 0 Å². The summed E-state index contributed by atoms with van der Waals surface area (Å²) < 4.78 is 0. The lowest BCUT2D eigenvalue weighted by Gasteiger charge is -2.12. The first-order valence-corrected chi connectivity index (χ1v) is 4.03. The zero-order valence-corrected chi connectivity index (χ0v) is 7.46. The quantitative estimate of drug-likeness (QED) is 0.610. The van der Waals surface area contributed by atoms with Gasteiger partial charge in [-0.2, -0.15) is 0 Å². The first-order valence-electron chi connectivity index (χ1n) is 4.03. The molecule has 4 heteroatoms. The van der Waals surface area contributed by atoms with Crippen LogP contribution >= 0.6 is 0 Å². The van der Waals surface area contributed by atoms with Crippen LogP contribution in [-0.2, 0) is 9.59 Å². The topological polar surface area (TPSA) is 66.4 Å². The van der Waals surface area contributed by atoms with Crippen molar-refractivity contribution in [2.45, 2.75) is 32.7 Å². The predicted molar refractivity (Wildman–Crippen MR) is 45.0 cm³/mol. The van der Waals surface area contributed by atoms with Gasteiger partial charge in [-0.1, -0.05) is 6.92 Å². The van der Waals surface area contributed by atoms with Gasteiger partial charge in [-0.25, -0.2) is 0 Å². The first-order chi connectivity index (χ1) is 5.57. The molecule has 2 N–H and O–H groups in total. The molecule has 0 spiro atoms. The molecular formula is C8H15NO3. The van der Waals surface area contributed by atoms with Gasteiger partial charge in [0.25, 0.3) is 0 Å². The number of carboxylic acid groups (broad SMARTS) is 1. The Labute approximate surface area is 72.0 Å². The van der Waals surface area contributed by atoms with E-state index in [2.05, 4.69) is 5.32 Å². The van der Waals surface area contributed by atoms with Gasteiger partial charge in [-0.05, 0) is 19.9 Å². The maximum atomic E-state index is 10.9. The van der Waals surface area contributed by atoms with Crippen LogP contribution in [-0.4, -0.2) is 29.4 Å². The lowest BCUT2D eigenvalue weighted by molar-refractivity contribution is -0.137. The predicted octanol–water partition coefficient (Wildman–Crippen LogP) is 0.418. The van der Waals surface area contributed by atoms with Crippen molar-refractivity contribution in [2.24, 2.45) is 0 Å². The molecule has 0 amide bonds. The molecule has 0 aliphatic rings. The molecule has 0 bridgehead atoms. The van der Waals surface area contributed by atoms with E-state index < -0.39 is 5.97 Å². The lowest BCUT2D eigenvalue weighted by atomic mass is 10.1. The SMILES string of the molecule is CCNC(CCC(=O)O)C(C)=O. The Hall–Kier alpha value is -0.900. The minimum atomic E-state index is -0.862. The van der Waals surface area contributed by atoms with Crippen LogP contribution in [0.3, 0.4) is 0 Å². The first kappa shape index (κ1) is 11.1. The van der Waals surface area contributed by atoms with E-state index in [1.807, 2.05) is 6.92 Å². The highest BCUT2D eigenvalue weighted by atomic mass is 16.4. The summed E-state index contributed by atoms with van der Waals surface area (Å²) in [6, 6.07) is -0.300. The fourth-order valence-electron chi connectivity index (χ4n) is 0.963. The Morgan fingerprint density at radius 3 is 2.42 bits per heavy atom. The normalized spacial score (nSPS) is 12.5. The molecule has 0 saturated carbocycles. The Balaban J connectivity index is 3.79. The van der Waals surface area contributed by atoms with Crippen molar-refractivity contribution in [1.82, 2.24) is 5.32 Å². The molecule has 1 atom stereocenters. The summed E-state index contributed by atoms with van der Waals surface area (Å²) in [7, 11) is 0. The van der Waals surface area contributed by atoms with Gasteiger partial charge in [0.15, 0.2) is 0 Å². The van der Waals surface area contributed by atoms with E-state index in [1.165, 1.54) is 6.92 Å². The summed E-state index contributed by atoms with van der Waals surface area (Å²) in [5, 5.41) is 11.3. The highest BCUT2D eigenvalue weighted by Gasteiger charge is 2.13. The molecule has 12 heavy (non-hydrogen) atoms. The summed E-state index contributed by atoms with van der Waals surface area (Å²) in [6.07, 6.45) is 0.412. The van der Waals surface area contributed by atoms with Crippen LogP contribution in [0.5, 0.6) is 0 Å². The molecule has 0 aliphatic carbocycles. The van der Waals surface area contributed by atoms with Gasteiger partial charge in [0.2, 0.25) is 0 Å². The summed E-state index contributed by atoms with van der Waals surface area (Å²) >= 11 is 0. The highest BCUT2D eigenvalue weighted by molar-refractivity contribution is 5.82. The maximum absolute atomic E-state index is 10.9. The van der Waals surface area contributed by atoms with Gasteiger partial charge < -0.3 is 10.4 Å². The molecule has 0 fully saturated rings. The highest BCUT2D eigenvalue weighted by Crippen LogP contribution is 1.98. The van der Waals surface area contributed by atoms with Gasteiger partial charge in [-0.3, -0.25) is 9.59 Å². The van der Waals surface area contributed by atoms with Crippen LogP contribution in [0.4, 0.5) is 0 Å². The van der Waals surface area contributed by atoms with Crippen LogP contribution in [0.1, 0.15) is 26.7 Å². The van der Waals surface area contributed by atoms with Crippen LogP contribution in [0.25, 0.3) is 0 Å². The van der Waals surface area contributed by atoms with E-state index >= 15 is 0 Å². The molecule has 0 saturated heterocycles. The van der Waals surface area contributed by atoms with E-state index in [0.717, 1.165) is 0 Å². The third-order valence-electron chi connectivity index (χ3n) is 1.59. The van der Waals surface area contributed by atoms with Crippen molar-refractivity contribution >= 4 is 11.8 Å². The van der Waals surface area contributed by atoms with E-state index in [4.69, 9.17) is 5.11 Å². The minimum absolute atomic E-state index is 0.00176. The molecular weight excluding hydrogens is 158 g/mol. The molecule has 0 rings (SSSR count). The van der Waals surface area contributed by atoms with E-state index in [9.17, 15) is 9.59 Å². The summed E-state index contributed by atoms with van der Waals surface area (Å²) in [5.74, 6) is -0.864. The Bertz CT molecular complexity index is 168. The van der Waals surface area contributed by atoms with Gasteiger partial charge in [0, 0.05) is 6.42 Å². The minimum Gasteiger partial charge on any atom is -0.481 e. The van der Waals surface area contributed by atoms with Crippen molar-refractivity contribution in [3.8, 4) is 0 Å². The second-order valence-electron chi connectivity index (χ2n) is 2.65. The number of rotatable bonds is 6. The zero-order valence-electron chi connectivity index (χ0n) is 7.46. The van der Waals surface area contributed by atoms with Crippen molar-refractivity contribution in [3.63, 3.8) is 0 Å². The van der Waals surface area contributed by atoms with Crippen LogP contribution < -0.4 is 5.32 Å². The number of hydrogen-bond donors (Lipinski definition) is 2. The van der Waals surface area contributed by atoms with Crippen LogP contribution in [0, 0.1) is 0 Å². The molecule has 0 aromatic carbocycles. The monoisotopic (exact) mass is 173 g/mol. The second kappa shape index (κ2) is 5.71. The van der Waals surface area contributed by atoms with Gasteiger partial charge in [0.1, 0.15) is 5.78 Å². The number of carbonyl (C=O) groups is 2. The van der Waals surface area contributed by atoms with E-state index in [1.54, 1.807) is 0 Å². The zero-order chi connectivity index (χ0) is 9.56. The summed E-state index contributed by atoms with van der Waals surface area (Å²) in [6.45, 7) is 4.04. The van der Waals surface area contributed by atoms with Gasteiger partial charge in [0.05, 0.1) is 6.04 Å². The standard InChI is InChI=1S/C8H15NO3/c1-3-9-7(6(2)10)4-5-8(11)12/h7,9H,3-5H2,1-2H3,(H,11,12). The van der Waals surface area contributed by atoms with E-state index in [-0.39, 0.29) is 18.2 Å². The van der Waals surface area contributed by atoms with E-state index in [0.29, 0.717) is 13.0 Å². The molecule has 70 valence electrons. The molecule has 0 aromatic rings. The number of carbonyl (C=O) groups excluding carboxylic acids is 1. The van der Waals surface area contributed by atoms with Crippen molar-refractivity contribution < 1.29 is 14.7 Å². The molecule has 0 radical (unpaired) electrons. The molecule has 0 aliphatic heterocycles. The number of nitrogens with one attached hydrogen (secondary N) is 1. The number of aliphatic carboxylic acids is 1. The third-order valence-corrected chi connectivity index (χ3v) is 1.59. The Morgan fingerprint density at radius 1 is 1.50 bits per heavy atom. The summed E-state index contributed by atoms with van der Waals surface area (Å²) in [5.41, 5.74) is 0. The lowest BCUT2D eigenvalue weighted by Crippen LogP contribution is -2.35. The molecule has 4 nitrogen and oxygen atoms in total. The fraction of sp³-hybridized carbons (Fsp3) is 0.750. The molecule has 0 heterocycles. The number of carboxylic acids is 1. The fourth-order valence-corrected chi connectivity index (χ4v) is 0.963. The second-order valence-corrected chi connectivity index (χ2v) is 2.65. The number of hydrogen-bond acceptors (Lipinski definition) is 3. The number of Topliss-reactive ketones (excluding diaryl/α,β-unsaturated/α-hetero) is 1. The number of likely N-dealkylation sites (N-methyl/N-ethyl adjacent to an activating group) is 1. The van der Waals surface area contributed by atoms with Crippen LogP contribution in [0.15, 0.2) is 0 Å². The van der Waals surface area contributed by atoms with Gasteiger partial charge >= 0.3 is 5.97 Å². The molecule has 1 unspecified atom stereocenters. The average molecular weight is 173 g/mol. The van der Waals surface area contributed by atoms with Gasteiger partial charge in [-0.15, -0.1) is 0 Å². The average Bonchev–Trinajstić information content (AvgIpc) is 1.96. The van der Waals surface area contributed by atoms with Crippen molar-refractivity contribution in [2.75, 3.05) is 6.54 Å². The van der Waals surface area contributed by atoms with Crippen molar-refractivity contribution in [3.05, 3.63) is 0 Å². The van der Waals surface area contributed by atoms with Crippen LogP contribution in [0.2, 0.25) is 0 Å². The summed E-state index contributed by atoms with van der Waals surface area (Å²) in [4.78, 5) is 21.1. The molecule has 0 aromatic heterocycles. The maximum Gasteiger partial charge on any atom is 0.303 e. The Kier molecular flexibility index (Phi) is 5.28. The number of ketones is 1. The Morgan fingerprint density at radius 2 is 2.08 bits per heavy atom. The smallest absolute Gasteiger partial charge is 0.303 e.